The summed E-state index contributed by atoms with van der Waals surface area (Å²) in [5.41, 5.74) is 2.16. The van der Waals surface area contributed by atoms with Crippen LogP contribution in [0.25, 0.3) is 11.1 Å². The van der Waals surface area contributed by atoms with Gasteiger partial charge in [-0.05, 0) is 30.5 Å². The molecule has 100 valence electrons. The zero-order valence-electron chi connectivity index (χ0n) is 10.7. The zero-order valence-corrected chi connectivity index (χ0v) is 11.4. The van der Waals surface area contributed by atoms with Gasteiger partial charge in [-0.3, -0.25) is 4.68 Å². The van der Waals surface area contributed by atoms with E-state index in [2.05, 4.69) is 5.10 Å². The van der Waals surface area contributed by atoms with E-state index in [0.29, 0.717) is 0 Å². The van der Waals surface area contributed by atoms with Gasteiger partial charge in [-0.25, -0.2) is 0 Å². The van der Waals surface area contributed by atoms with Crippen molar-refractivity contribution in [1.29, 1.82) is 0 Å². The molecule has 0 spiro atoms. The fraction of sp³-hybridized carbons (Fsp3) is 0.400. The molecule has 1 N–H and O–H groups in total. The summed E-state index contributed by atoms with van der Waals surface area (Å²) in [4.78, 5) is 0. The van der Waals surface area contributed by atoms with E-state index in [-0.39, 0.29) is 12.1 Å². The second-order valence-corrected chi connectivity index (χ2v) is 5.57. The predicted octanol–water partition coefficient (Wildman–Crippen LogP) is 3.68. The highest BCUT2D eigenvalue weighted by molar-refractivity contribution is 6.30. The number of benzene rings is 1. The monoisotopic (exact) mass is 276 g/mol. The molecule has 2 aromatic rings. The summed E-state index contributed by atoms with van der Waals surface area (Å²) < 4.78 is 1.91. The molecule has 0 aliphatic heterocycles. The van der Waals surface area contributed by atoms with E-state index in [1.165, 1.54) is 0 Å². The van der Waals surface area contributed by atoms with E-state index in [0.717, 1.165) is 41.8 Å². The molecule has 19 heavy (non-hydrogen) atoms. The minimum absolute atomic E-state index is 0.120. The molecule has 1 fully saturated rings. The van der Waals surface area contributed by atoms with Crippen molar-refractivity contribution in [1.82, 2.24) is 9.78 Å². The Labute approximate surface area is 117 Å². The highest BCUT2D eigenvalue weighted by Crippen LogP contribution is 2.30. The summed E-state index contributed by atoms with van der Waals surface area (Å²) >= 11 is 5.89. The number of halogens is 1. The Hall–Kier alpha value is -1.32. The topological polar surface area (TPSA) is 38.0 Å². The van der Waals surface area contributed by atoms with Crippen molar-refractivity contribution in [2.75, 3.05) is 0 Å². The summed E-state index contributed by atoms with van der Waals surface area (Å²) in [5.74, 6) is 0. The van der Waals surface area contributed by atoms with Crippen LogP contribution in [0.2, 0.25) is 5.02 Å². The van der Waals surface area contributed by atoms with Gasteiger partial charge in [0.05, 0.1) is 18.3 Å². The number of aliphatic hydroxyl groups excluding tert-OH is 1. The van der Waals surface area contributed by atoms with Gasteiger partial charge in [-0.15, -0.1) is 0 Å². The molecule has 0 radical (unpaired) electrons. The molecule has 0 bridgehead atoms. The van der Waals surface area contributed by atoms with Crippen molar-refractivity contribution in [2.24, 2.45) is 0 Å². The summed E-state index contributed by atoms with van der Waals surface area (Å²) in [6.45, 7) is 0. The molecule has 3 nitrogen and oxygen atoms in total. The third kappa shape index (κ3) is 2.67. The van der Waals surface area contributed by atoms with E-state index in [4.69, 9.17) is 11.6 Å². The third-order valence-electron chi connectivity index (χ3n) is 3.81. The summed E-state index contributed by atoms with van der Waals surface area (Å²) in [6, 6.07) is 7.85. The summed E-state index contributed by atoms with van der Waals surface area (Å²) in [7, 11) is 0. The number of hydrogen-bond acceptors (Lipinski definition) is 2. The van der Waals surface area contributed by atoms with E-state index in [1.54, 1.807) is 0 Å². The fourth-order valence-corrected chi connectivity index (χ4v) is 2.84. The lowest BCUT2D eigenvalue weighted by Gasteiger charge is -2.27. The molecule has 2 atom stereocenters. The van der Waals surface area contributed by atoms with Gasteiger partial charge in [0, 0.05) is 16.8 Å². The van der Waals surface area contributed by atoms with Crippen LogP contribution in [0, 0.1) is 0 Å². The van der Waals surface area contributed by atoms with Crippen molar-refractivity contribution in [3.63, 3.8) is 0 Å². The minimum Gasteiger partial charge on any atom is -0.391 e. The molecule has 1 aromatic heterocycles. The van der Waals surface area contributed by atoms with Crippen LogP contribution in [0.1, 0.15) is 31.7 Å². The fourth-order valence-electron chi connectivity index (χ4n) is 2.71. The standard InChI is InChI=1S/C15H17ClN2O/c16-13-7-5-11(6-8-13)12-9-17-18(10-12)14-3-1-2-4-15(14)19/h5-10,14-15,19H,1-4H2. The van der Waals surface area contributed by atoms with Gasteiger partial charge in [-0.1, -0.05) is 36.6 Å². The number of rotatable bonds is 2. The van der Waals surface area contributed by atoms with E-state index in [1.807, 2.05) is 41.3 Å². The van der Waals surface area contributed by atoms with Gasteiger partial charge in [0.15, 0.2) is 0 Å². The second-order valence-electron chi connectivity index (χ2n) is 5.14. The quantitative estimate of drug-likeness (QED) is 0.909. The lowest BCUT2D eigenvalue weighted by Crippen LogP contribution is -2.27. The van der Waals surface area contributed by atoms with Gasteiger partial charge in [0.25, 0.3) is 0 Å². The van der Waals surface area contributed by atoms with Crippen LogP contribution in [-0.2, 0) is 0 Å². The van der Waals surface area contributed by atoms with Crippen LogP contribution in [0.15, 0.2) is 36.7 Å². The molecule has 2 unspecified atom stereocenters. The number of nitrogens with zero attached hydrogens (tertiary/aromatic N) is 2. The van der Waals surface area contributed by atoms with E-state index < -0.39 is 0 Å². The van der Waals surface area contributed by atoms with Crippen molar-refractivity contribution in [3.05, 3.63) is 41.7 Å². The Balaban J connectivity index is 1.84. The Morgan fingerprint density at radius 1 is 1.11 bits per heavy atom. The first-order valence-corrected chi connectivity index (χ1v) is 7.10. The van der Waals surface area contributed by atoms with E-state index >= 15 is 0 Å². The summed E-state index contributed by atoms with van der Waals surface area (Å²) in [5, 5.41) is 15.2. The average Bonchev–Trinajstić information content (AvgIpc) is 2.89. The number of aromatic nitrogens is 2. The third-order valence-corrected chi connectivity index (χ3v) is 4.06. The van der Waals surface area contributed by atoms with Gasteiger partial charge < -0.3 is 5.11 Å². The molecule has 4 heteroatoms. The maximum absolute atomic E-state index is 10.1. The van der Waals surface area contributed by atoms with Gasteiger partial charge in [0.1, 0.15) is 0 Å². The Bertz CT molecular complexity index is 550. The van der Waals surface area contributed by atoms with Gasteiger partial charge in [0.2, 0.25) is 0 Å². The lowest BCUT2D eigenvalue weighted by molar-refractivity contribution is 0.0695. The Morgan fingerprint density at radius 3 is 2.58 bits per heavy atom. The second kappa shape index (κ2) is 5.35. The van der Waals surface area contributed by atoms with Crippen LogP contribution in [0.4, 0.5) is 0 Å². The maximum atomic E-state index is 10.1. The van der Waals surface area contributed by atoms with Crippen LogP contribution in [0.3, 0.4) is 0 Å². The smallest absolute Gasteiger partial charge is 0.0778 e. The number of aliphatic hydroxyl groups is 1. The summed E-state index contributed by atoms with van der Waals surface area (Å²) in [6.07, 6.45) is 7.75. The van der Waals surface area contributed by atoms with Crippen molar-refractivity contribution >= 4 is 11.6 Å². The Morgan fingerprint density at radius 2 is 1.84 bits per heavy atom. The lowest BCUT2D eigenvalue weighted by atomic mass is 9.93. The van der Waals surface area contributed by atoms with Gasteiger partial charge in [-0.2, -0.15) is 5.10 Å². The molecule has 1 heterocycles. The molecule has 1 aliphatic carbocycles. The molecule has 1 aliphatic rings. The highest BCUT2D eigenvalue weighted by atomic mass is 35.5. The highest BCUT2D eigenvalue weighted by Gasteiger charge is 2.25. The molecule has 0 saturated heterocycles. The maximum Gasteiger partial charge on any atom is 0.0778 e. The zero-order chi connectivity index (χ0) is 13.2. The molecule has 0 amide bonds. The van der Waals surface area contributed by atoms with Gasteiger partial charge >= 0.3 is 0 Å². The SMILES string of the molecule is OC1CCCCC1n1cc(-c2ccc(Cl)cc2)cn1. The normalized spacial score (nSPS) is 23.5. The minimum atomic E-state index is -0.272. The van der Waals surface area contributed by atoms with E-state index in [9.17, 15) is 5.11 Å². The molecule has 1 aromatic carbocycles. The largest absolute Gasteiger partial charge is 0.391 e. The molecule has 1 saturated carbocycles. The first-order valence-electron chi connectivity index (χ1n) is 6.72. The first kappa shape index (κ1) is 12.7. The molecule has 3 rings (SSSR count). The first-order chi connectivity index (χ1) is 9.24. The van der Waals surface area contributed by atoms with Crippen molar-refractivity contribution in [3.8, 4) is 11.1 Å². The van der Waals surface area contributed by atoms with Crippen molar-refractivity contribution in [2.45, 2.75) is 37.8 Å². The average molecular weight is 277 g/mol. The molecular formula is C15H17ClN2O. The predicted molar refractivity (Wildman–Crippen MR) is 76.2 cm³/mol. The van der Waals surface area contributed by atoms with Crippen molar-refractivity contribution < 1.29 is 5.11 Å². The van der Waals surface area contributed by atoms with Crippen LogP contribution in [0.5, 0.6) is 0 Å². The van der Waals surface area contributed by atoms with Crippen LogP contribution >= 0.6 is 11.6 Å². The Kier molecular flexibility index (Phi) is 3.58. The number of hydrogen-bond donors (Lipinski definition) is 1. The molecular weight excluding hydrogens is 260 g/mol. The van der Waals surface area contributed by atoms with Crippen LogP contribution in [-0.4, -0.2) is 21.0 Å². The van der Waals surface area contributed by atoms with Crippen LogP contribution < -0.4 is 0 Å².